The van der Waals surface area contributed by atoms with E-state index in [-0.39, 0.29) is 11.8 Å². The highest BCUT2D eigenvalue weighted by atomic mass is 35.5. The lowest BCUT2D eigenvalue weighted by Gasteiger charge is -2.31. The van der Waals surface area contributed by atoms with Gasteiger partial charge in [0, 0.05) is 41.2 Å². The van der Waals surface area contributed by atoms with Crippen LogP contribution in [0.3, 0.4) is 0 Å². The fraction of sp³-hybridized carbons (Fsp3) is 0.480. The van der Waals surface area contributed by atoms with E-state index in [0.29, 0.717) is 16.6 Å². The number of rotatable bonds is 7. The van der Waals surface area contributed by atoms with Crippen LogP contribution in [-0.4, -0.2) is 41.9 Å². The predicted molar refractivity (Wildman–Crippen MR) is 127 cm³/mol. The number of benzene rings is 2. The highest BCUT2D eigenvalue weighted by Gasteiger charge is 2.25. The quantitative estimate of drug-likeness (QED) is 0.623. The van der Waals surface area contributed by atoms with Gasteiger partial charge in [0.25, 0.3) is 0 Å². The van der Waals surface area contributed by atoms with Gasteiger partial charge in [-0.15, -0.1) is 0 Å². The van der Waals surface area contributed by atoms with E-state index < -0.39 is 0 Å². The van der Waals surface area contributed by atoms with Crippen molar-refractivity contribution in [3.63, 3.8) is 0 Å². The molecule has 0 spiro atoms. The zero-order valence-electron chi connectivity index (χ0n) is 18.0. The van der Waals surface area contributed by atoms with Gasteiger partial charge in [-0.2, -0.15) is 0 Å². The molecule has 166 valence electrons. The first kappa shape index (κ1) is 22.6. The number of hydrogen-bond donors (Lipinski definition) is 1. The second-order valence-electron chi connectivity index (χ2n) is 8.77. The average Bonchev–Trinajstić information content (AvgIpc) is 3.29. The molecule has 2 heterocycles. The van der Waals surface area contributed by atoms with Gasteiger partial charge < -0.3 is 5.32 Å². The fourth-order valence-corrected chi connectivity index (χ4v) is 5.07. The Bertz CT molecular complexity index is 853. The maximum absolute atomic E-state index is 12.7. The molecule has 4 rings (SSSR count). The van der Waals surface area contributed by atoms with Crippen molar-refractivity contribution in [3.8, 4) is 0 Å². The van der Waals surface area contributed by atoms with E-state index in [1.807, 2.05) is 18.2 Å². The number of halogens is 2. The normalized spacial score (nSPS) is 18.4. The average molecular weight is 460 g/mol. The molecular formula is C25H31Cl2N3O. The van der Waals surface area contributed by atoms with Gasteiger partial charge in [0.15, 0.2) is 0 Å². The van der Waals surface area contributed by atoms with Gasteiger partial charge in [-0.05, 0) is 75.1 Å². The van der Waals surface area contributed by atoms with Crippen molar-refractivity contribution in [1.29, 1.82) is 0 Å². The molecule has 2 aromatic carbocycles. The Labute approximate surface area is 195 Å². The van der Waals surface area contributed by atoms with Gasteiger partial charge in [0.2, 0.25) is 5.91 Å². The van der Waals surface area contributed by atoms with Crippen molar-refractivity contribution in [2.75, 3.05) is 26.2 Å². The highest BCUT2D eigenvalue weighted by molar-refractivity contribution is 6.35. The Morgan fingerprint density at radius 3 is 2.06 bits per heavy atom. The first-order valence-electron chi connectivity index (χ1n) is 11.3. The molecule has 31 heavy (non-hydrogen) atoms. The van der Waals surface area contributed by atoms with Gasteiger partial charge >= 0.3 is 0 Å². The summed E-state index contributed by atoms with van der Waals surface area (Å²) in [6.45, 7) is 6.54. The van der Waals surface area contributed by atoms with Crippen molar-refractivity contribution < 1.29 is 4.79 Å². The SMILES string of the molecule is O=C(NCc1ccc(CN2CCCC2)cc1)C1CCN(Cc2c(Cl)cccc2Cl)CC1. The zero-order chi connectivity index (χ0) is 21.6. The van der Waals surface area contributed by atoms with Crippen LogP contribution in [0.1, 0.15) is 42.4 Å². The number of carbonyl (C=O) groups is 1. The number of hydrogen-bond acceptors (Lipinski definition) is 3. The summed E-state index contributed by atoms with van der Waals surface area (Å²) >= 11 is 12.6. The van der Waals surface area contributed by atoms with E-state index in [1.54, 1.807) is 0 Å². The minimum Gasteiger partial charge on any atom is -0.352 e. The Hall–Kier alpha value is -1.59. The van der Waals surface area contributed by atoms with Crippen molar-refractivity contribution >= 4 is 29.1 Å². The van der Waals surface area contributed by atoms with E-state index in [1.165, 1.54) is 31.5 Å². The molecular weight excluding hydrogens is 429 g/mol. The maximum atomic E-state index is 12.7. The molecule has 1 N–H and O–H groups in total. The van der Waals surface area contributed by atoms with Gasteiger partial charge in [-0.1, -0.05) is 53.5 Å². The molecule has 0 atom stereocenters. The molecule has 0 aromatic heterocycles. The van der Waals surface area contributed by atoms with Gasteiger partial charge in [0.1, 0.15) is 0 Å². The number of amides is 1. The molecule has 6 heteroatoms. The van der Waals surface area contributed by atoms with Gasteiger partial charge in [-0.3, -0.25) is 14.6 Å². The lowest BCUT2D eigenvalue weighted by Crippen LogP contribution is -2.40. The number of likely N-dealkylation sites (tertiary alicyclic amines) is 2. The van der Waals surface area contributed by atoms with E-state index in [4.69, 9.17) is 23.2 Å². The molecule has 0 saturated carbocycles. The Morgan fingerprint density at radius 1 is 0.839 bits per heavy atom. The summed E-state index contributed by atoms with van der Waals surface area (Å²) in [5.74, 6) is 0.240. The predicted octanol–water partition coefficient (Wildman–Crippen LogP) is 5.12. The third-order valence-electron chi connectivity index (χ3n) is 6.50. The molecule has 2 fully saturated rings. The van der Waals surface area contributed by atoms with Crippen LogP contribution < -0.4 is 5.32 Å². The molecule has 2 aliphatic rings. The maximum Gasteiger partial charge on any atom is 0.223 e. The number of nitrogens with zero attached hydrogens (tertiary/aromatic N) is 2. The minimum atomic E-state index is 0.0763. The van der Waals surface area contributed by atoms with Crippen molar-refractivity contribution in [1.82, 2.24) is 15.1 Å². The molecule has 2 aromatic rings. The second-order valence-corrected chi connectivity index (χ2v) is 9.58. The van der Waals surface area contributed by atoms with Crippen LogP contribution >= 0.6 is 23.2 Å². The molecule has 0 bridgehead atoms. The lowest BCUT2D eigenvalue weighted by atomic mass is 9.95. The van der Waals surface area contributed by atoms with Crippen molar-refractivity contribution in [2.24, 2.45) is 5.92 Å². The second kappa shape index (κ2) is 10.8. The highest BCUT2D eigenvalue weighted by Crippen LogP contribution is 2.27. The van der Waals surface area contributed by atoms with Crippen LogP contribution in [0.15, 0.2) is 42.5 Å². The van der Waals surface area contributed by atoms with Crippen molar-refractivity contribution in [2.45, 2.75) is 45.3 Å². The third-order valence-corrected chi connectivity index (χ3v) is 7.20. The van der Waals surface area contributed by atoms with Gasteiger partial charge in [-0.25, -0.2) is 0 Å². The Kier molecular flexibility index (Phi) is 7.89. The molecule has 0 aliphatic carbocycles. The van der Waals surface area contributed by atoms with E-state index in [2.05, 4.69) is 39.4 Å². The molecule has 4 nitrogen and oxygen atoms in total. The summed E-state index contributed by atoms with van der Waals surface area (Å²) in [6, 6.07) is 14.3. The Morgan fingerprint density at radius 2 is 1.42 bits per heavy atom. The van der Waals surface area contributed by atoms with Crippen LogP contribution in [0.5, 0.6) is 0 Å². The number of piperidine rings is 1. The van der Waals surface area contributed by atoms with Crippen LogP contribution in [-0.2, 0) is 24.4 Å². The Balaban J connectivity index is 1.20. The van der Waals surface area contributed by atoms with Crippen LogP contribution in [0.25, 0.3) is 0 Å². The summed E-state index contributed by atoms with van der Waals surface area (Å²) < 4.78 is 0. The first-order valence-corrected chi connectivity index (χ1v) is 12.1. The molecule has 0 unspecified atom stereocenters. The summed E-state index contributed by atoms with van der Waals surface area (Å²) in [7, 11) is 0. The molecule has 2 saturated heterocycles. The third kappa shape index (κ3) is 6.23. The lowest BCUT2D eigenvalue weighted by molar-refractivity contribution is -0.126. The smallest absolute Gasteiger partial charge is 0.223 e. The number of nitrogens with one attached hydrogen (secondary N) is 1. The zero-order valence-corrected chi connectivity index (χ0v) is 19.5. The minimum absolute atomic E-state index is 0.0763. The standard InChI is InChI=1S/C25H31Cl2N3O/c26-23-4-3-5-24(27)22(23)18-30-14-10-21(11-15-30)25(31)28-16-19-6-8-20(9-7-19)17-29-12-1-2-13-29/h3-9,21H,1-2,10-18H2,(H,28,31). The van der Waals surface area contributed by atoms with Gasteiger partial charge in [0.05, 0.1) is 0 Å². The summed E-state index contributed by atoms with van der Waals surface area (Å²) in [6.07, 6.45) is 4.36. The largest absolute Gasteiger partial charge is 0.352 e. The summed E-state index contributed by atoms with van der Waals surface area (Å²) in [5, 5.41) is 4.55. The fourth-order valence-electron chi connectivity index (χ4n) is 4.56. The van der Waals surface area contributed by atoms with Crippen LogP contribution in [0, 0.1) is 5.92 Å². The van der Waals surface area contributed by atoms with E-state index in [0.717, 1.165) is 50.1 Å². The number of carbonyl (C=O) groups excluding carboxylic acids is 1. The summed E-state index contributed by atoms with van der Waals surface area (Å²) in [4.78, 5) is 17.5. The van der Waals surface area contributed by atoms with Crippen molar-refractivity contribution in [3.05, 3.63) is 69.2 Å². The first-order chi connectivity index (χ1) is 15.1. The molecule has 2 aliphatic heterocycles. The summed E-state index contributed by atoms with van der Waals surface area (Å²) in [5.41, 5.74) is 3.48. The van der Waals surface area contributed by atoms with E-state index >= 15 is 0 Å². The molecule has 1 amide bonds. The monoisotopic (exact) mass is 459 g/mol. The van der Waals surface area contributed by atoms with E-state index in [9.17, 15) is 4.79 Å². The molecule has 0 radical (unpaired) electrons. The topological polar surface area (TPSA) is 35.6 Å². The van der Waals surface area contributed by atoms with Crippen LogP contribution in [0.2, 0.25) is 10.0 Å². The van der Waals surface area contributed by atoms with Crippen LogP contribution in [0.4, 0.5) is 0 Å².